The van der Waals surface area contributed by atoms with Crippen LogP contribution < -0.4 is 0 Å². The predicted molar refractivity (Wildman–Crippen MR) is 294 cm³/mol. The first-order chi connectivity index (χ1) is 34.2. The molecule has 13 aromatic rings. The Morgan fingerprint density at radius 3 is 0.942 bits per heavy atom. The summed E-state index contributed by atoms with van der Waals surface area (Å²) in [4.78, 5) is 0. The minimum Gasteiger partial charge on any atom is -0.309 e. The Hall–Kier alpha value is -9.04. The van der Waals surface area contributed by atoms with E-state index >= 15 is 0 Å². The molecular weight excluding hydrogens is 831 g/mol. The fourth-order valence-electron chi connectivity index (χ4n) is 10.6. The Morgan fingerprint density at radius 1 is 0.174 bits per heavy atom. The molecule has 0 bridgehead atoms. The lowest BCUT2D eigenvalue weighted by molar-refractivity contribution is 1.18. The minimum atomic E-state index is 1.17. The fraction of sp³-hybridized carbons (Fsp3) is 0. The van der Waals surface area contributed by atoms with Crippen molar-refractivity contribution in [3.05, 3.63) is 273 Å². The number of aromatic nitrogens is 1. The van der Waals surface area contributed by atoms with E-state index in [4.69, 9.17) is 0 Å². The van der Waals surface area contributed by atoms with Gasteiger partial charge in [0.05, 0.1) is 11.0 Å². The average Bonchev–Trinajstić information content (AvgIpc) is 3.77. The molecule has 0 fully saturated rings. The Bertz CT molecular complexity index is 3980. The average molecular weight is 876 g/mol. The normalized spacial score (nSPS) is 11.5. The van der Waals surface area contributed by atoms with Gasteiger partial charge in [0.2, 0.25) is 0 Å². The predicted octanol–water partition coefficient (Wildman–Crippen LogP) is 18.8. The summed E-state index contributed by atoms with van der Waals surface area (Å²) < 4.78 is 2.38. The maximum Gasteiger partial charge on any atom is 0.0541 e. The van der Waals surface area contributed by atoms with Crippen LogP contribution in [0.25, 0.3) is 127 Å². The summed E-state index contributed by atoms with van der Waals surface area (Å²) in [5.74, 6) is 0. The van der Waals surface area contributed by atoms with Crippen molar-refractivity contribution in [3.8, 4) is 83.6 Å². The molecule has 0 aliphatic heterocycles. The van der Waals surface area contributed by atoms with E-state index < -0.39 is 0 Å². The highest BCUT2D eigenvalue weighted by Gasteiger charge is 2.20. The third-order valence-electron chi connectivity index (χ3n) is 14.0. The van der Waals surface area contributed by atoms with Crippen molar-refractivity contribution >= 4 is 43.4 Å². The van der Waals surface area contributed by atoms with Gasteiger partial charge in [-0.15, -0.1) is 0 Å². The quantitative estimate of drug-likeness (QED) is 0.134. The maximum absolute atomic E-state index is 2.42. The number of hydrogen-bond acceptors (Lipinski definition) is 0. The highest BCUT2D eigenvalue weighted by molar-refractivity contribution is 6.22. The Morgan fingerprint density at radius 2 is 0.478 bits per heavy atom. The van der Waals surface area contributed by atoms with Crippen LogP contribution in [-0.4, -0.2) is 4.57 Å². The van der Waals surface area contributed by atoms with Crippen molar-refractivity contribution in [2.45, 2.75) is 0 Å². The van der Waals surface area contributed by atoms with Crippen molar-refractivity contribution in [1.82, 2.24) is 4.57 Å². The number of rotatable bonds is 8. The van der Waals surface area contributed by atoms with E-state index in [1.165, 1.54) is 127 Å². The van der Waals surface area contributed by atoms with Gasteiger partial charge in [0, 0.05) is 16.5 Å². The highest BCUT2D eigenvalue weighted by atomic mass is 15.0. The van der Waals surface area contributed by atoms with E-state index in [-0.39, 0.29) is 0 Å². The molecule has 0 N–H and O–H groups in total. The molecule has 0 amide bonds. The molecule has 0 radical (unpaired) electrons. The van der Waals surface area contributed by atoms with Crippen LogP contribution in [0.4, 0.5) is 0 Å². The monoisotopic (exact) mass is 875 g/mol. The van der Waals surface area contributed by atoms with E-state index in [0.29, 0.717) is 0 Å². The van der Waals surface area contributed by atoms with Gasteiger partial charge < -0.3 is 4.57 Å². The van der Waals surface area contributed by atoms with Crippen molar-refractivity contribution in [2.24, 2.45) is 0 Å². The van der Waals surface area contributed by atoms with Crippen molar-refractivity contribution in [1.29, 1.82) is 0 Å². The second kappa shape index (κ2) is 17.0. The van der Waals surface area contributed by atoms with E-state index in [9.17, 15) is 0 Å². The lowest BCUT2D eigenvalue weighted by Crippen LogP contribution is -1.93. The zero-order valence-corrected chi connectivity index (χ0v) is 37.9. The largest absolute Gasteiger partial charge is 0.309 e. The molecule has 0 unspecified atom stereocenters. The Kier molecular flexibility index (Phi) is 9.91. The molecule has 0 atom stereocenters. The molecule has 1 aromatic heterocycles. The molecule has 322 valence electrons. The lowest BCUT2D eigenvalue weighted by atomic mass is 9.83. The number of fused-ring (bicyclic) bond motifs is 5. The van der Waals surface area contributed by atoms with E-state index in [2.05, 4.69) is 278 Å². The Labute approximate surface area is 402 Å². The molecule has 1 heteroatoms. The molecule has 0 saturated carbocycles. The van der Waals surface area contributed by atoms with Crippen LogP contribution in [0, 0.1) is 0 Å². The summed E-state index contributed by atoms with van der Waals surface area (Å²) in [5, 5.41) is 7.42. The van der Waals surface area contributed by atoms with Crippen LogP contribution in [0.1, 0.15) is 0 Å². The van der Waals surface area contributed by atoms with Crippen LogP contribution in [-0.2, 0) is 0 Å². The van der Waals surface area contributed by atoms with Gasteiger partial charge in [-0.25, -0.2) is 0 Å². The third-order valence-corrected chi connectivity index (χ3v) is 14.0. The van der Waals surface area contributed by atoms with Crippen LogP contribution >= 0.6 is 0 Å². The standard InChI is InChI=1S/C68H45N/c1-5-15-46(16-6-1)49-25-27-50(28-26-49)51-29-33-53(34-30-51)67-60-40-37-56(48-19-9-3-10-20-48)45-64(60)68(61-41-38-55(44-63(61)67)47-17-7-2-8-18-47)54-35-31-52(32-36-54)57-39-42-66-62(43-57)59-23-13-14-24-65(59)69(66)58-21-11-4-12-22-58/h1-45H. The highest BCUT2D eigenvalue weighted by Crippen LogP contribution is 2.47. The number of hydrogen-bond donors (Lipinski definition) is 0. The summed E-state index contributed by atoms with van der Waals surface area (Å²) in [7, 11) is 0. The second-order valence-corrected chi connectivity index (χ2v) is 18.0. The molecule has 0 saturated heterocycles. The maximum atomic E-state index is 2.42. The SMILES string of the molecule is c1ccc(-c2ccc(-c3ccc(-c4c5ccc(-c6ccccc6)cc5c(-c5ccc(-c6ccc7c(c6)c6ccccc6n7-c6ccccc6)cc5)c5ccc(-c6ccccc6)cc45)cc3)cc2)cc1. The topological polar surface area (TPSA) is 4.93 Å². The van der Waals surface area contributed by atoms with Gasteiger partial charge in [-0.1, -0.05) is 231 Å². The van der Waals surface area contributed by atoms with E-state index in [0.717, 1.165) is 0 Å². The Balaban J connectivity index is 0.976. The summed E-state index contributed by atoms with van der Waals surface area (Å²) in [6, 6.07) is 100. The first-order valence-corrected chi connectivity index (χ1v) is 23.8. The lowest BCUT2D eigenvalue weighted by Gasteiger charge is -2.20. The molecule has 0 aliphatic rings. The van der Waals surface area contributed by atoms with Crippen molar-refractivity contribution in [3.63, 3.8) is 0 Å². The van der Waals surface area contributed by atoms with Gasteiger partial charge in [0.1, 0.15) is 0 Å². The van der Waals surface area contributed by atoms with Crippen molar-refractivity contribution in [2.75, 3.05) is 0 Å². The summed E-state index contributed by atoms with van der Waals surface area (Å²) >= 11 is 0. The third kappa shape index (κ3) is 7.20. The van der Waals surface area contributed by atoms with Crippen LogP contribution in [0.5, 0.6) is 0 Å². The van der Waals surface area contributed by atoms with Crippen LogP contribution in [0.3, 0.4) is 0 Å². The van der Waals surface area contributed by atoms with Gasteiger partial charge >= 0.3 is 0 Å². The molecule has 0 spiro atoms. The zero-order chi connectivity index (χ0) is 45.7. The van der Waals surface area contributed by atoms with Crippen LogP contribution in [0.2, 0.25) is 0 Å². The summed E-state index contributed by atoms with van der Waals surface area (Å²) in [6.45, 7) is 0. The van der Waals surface area contributed by atoms with E-state index in [1.807, 2.05) is 0 Å². The summed E-state index contributed by atoms with van der Waals surface area (Å²) in [6.07, 6.45) is 0. The molecule has 12 aromatic carbocycles. The van der Waals surface area contributed by atoms with Gasteiger partial charge in [0.15, 0.2) is 0 Å². The molecule has 1 heterocycles. The molecular formula is C68H45N. The van der Waals surface area contributed by atoms with E-state index in [1.54, 1.807) is 0 Å². The first kappa shape index (κ1) is 40.3. The fourth-order valence-corrected chi connectivity index (χ4v) is 10.6. The first-order valence-electron chi connectivity index (χ1n) is 23.8. The molecule has 1 nitrogen and oxygen atoms in total. The van der Waals surface area contributed by atoms with Gasteiger partial charge in [-0.3, -0.25) is 0 Å². The van der Waals surface area contributed by atoms with Gasteiger partial charge in [-0.2, -0.15) is 0 Å². The minimum absolute atomic E-state index is 1.17. The zero-order valence-electron chi connectivity index (χ0n) is 37.9. The summed E-state index contributed by atoms with van der Waals surface area (Å²) in [5.41, 5.74) is 20.5. The molecule has 13 rings (SSSR count). The van der Waals surface area contributed by atoms with Gasteiger partial charge in [0.25, 0.3) is 0 Å². The van der Waals surface area contributed by atoms with Gasteiger partial charge in [-0.05, 0) is 142 Å². The number of para-hydroxylation sites is 2. The number of nitrogens with zero attached hydrogens (tertiary/aromatic N) is 1. The van der Waals surface area contributed by atoms with Crippen molar-refractivity contribution < 1.29 is 0 Å². The number of benzene rings is 12. The smallest absolute Gasteiger partial charge is 0.0541 e. The molecule has 69 heavy (non-hydrogen) atoms. The second-order valence-electron chi connectivity index (χ2n) is 18.0. The van der Waals surface area contributed by atoms with Crippen LogP contribution in [0.15, 0.2) is 273 Å². The molecule has 0 aliphatic carbocycles.